The van der Waals surface area contributed by atoms with Crippen LogP contribution in [0.15, 0.2) is 18.3 Å². The summed E-state index contributed by atoms with van der Waals surface area (Å²) < 4.78 is 0. The maximum Gasteiger partial charge on any atom is 0.0957 e. The lowest BCUT2D eigenvalue weighted by Gasteiger charge is -2.22. The molecule has 2 heterocycles. The molecule has 0 amide bonds. The van der Waals surface area contributed by atoms with Crippen molar-refractivity contribution in [2.45, 2.75) is 45.1 Å². The van der Waals surface area contributed by atoms with Gasteiger partial charge in [0.05, 0.1) is 23.7 Å². The third-order valence-electron chi connectivity index (χ3n) is 3.47. The first-order chi connectivity index (χ1) is 8.31. The minimum absolute atomic E-state index is 0.423. The highest BCUT2D eigenvalue weighted by Gasteiger charge is 2.11. The minimum Gasteiger partial charge on any atom is -0.387 e. The molecule has 1 atom stereocenters. The van der Waals surface area contributed by atoms with Gasteiger partial charge >= 0.3 is 0 Å². The van der Waals surface area contributed by atoms with E-state index in [-0.39, 0.29) is 0 Å². The van der Waals surface area contributed by atoms with Crippen molar-refractivity contribution in [3.05, 3.63) is 24.0 Å². The van der Waals surface area contributed by atoms with E-state index in [1.807, 2.05) is 19.2 Å². The molecule has 1 aliphatic heterocycles. The van der Waals surface area contributed by atoms with Gasteiger partial charge in [0.25, 0.3) is 0 Å². The fraction of sp³-hybridized carbons (Fsp3) is 0.643. The van der Waals surface area contributed by atoms with E-state index in [9.17, 15) is 5.11 Å². The lowest BCUT2D eigenvalue weighted by molar-refractivity contribution is 0.169. The summed E-state index contributed by atoms with van der Waals surface area (Å²) in [7, 11) is 0. The fourth-order valence-electron chi connectivity index (χ4n) is 2.32. The number of pyridine rings is 1. The molecule has 1 fully saturated rings. The van der Waals surface area contributed by atoms with Crippen LogP contribution in [0.4, 0.5) is 5.69 Å². The Bertz CT molecular complexity index is 329. The van der Waals surface area contributed by atoms with E-state index in [1.165, 1.54) is 31.4 Å². The molecule has 0 bridgehead atoms. The molecular formula is C14H22N2O. The molecule has 1 saturated heterocycles. The predicted molar refractivity (Wildman–Crippen MR) is 70.2 cm³/mol. The van der Waals surface area contributed by atoms with Crippen LogP contribution in [0.2, 0.25) is 0 Å². The summed E-state index contributed by atoms with van der Waals surface area (Å²) in [5, 5.41) is 9.70. The van der Waals surface area contributed by atoms with Crippen LogP contribution in [0.5, 0.6) is 0 Å². The SMILES string of the molecule is CC[C@H](O)c1ccc(N2CCCCCC2)cn1. The highest BCUT2D eigenvalue weighted by Crippen LogP contribution is 2.21. The zero-order valence-electron chi connectivity index (χ0n) is 10.6. The smallest absolute Gasteiger partial charge is 0.0957 e. The van der Waals surface area contributed by atoms with E-state index in [0.717, 1.165) is 25.2 Å². The average Bonchev–Trinajstić information content (AvgIpc) is 2.67. The highest BCUT2D eigenvalue weighted by molar-refractivity contribution is 5.44. The Balaban J connectivity index is 2.05. The molecule has 94 valence electrons. The van der Waals surface area contributed by atoms with Crippen LogP contribution in [0.25, 0.3) is 0 Å². The van der Waals surface area contributed by atoms with Gasteiger partial charge in [0, 0.05) is 13.1 Å². The summed E-state index contributed by atoms with van der Waals surface area (Å²) in [6.45, 7) is 4.24. The van der Waals surface area contributed by atoms with E-state index in [1.54, 1.807) is 0 Å². The normalized spacial score (nSPS) is 18.8. The maximum absolute atomic E-state index is 9.70. The molecule has 3 nitrogen and oxygen atoms in total. The van der Waals surface area contributed by atoms with Gasteiger partial charge in [-0.3, -0.25) is 4.98 Å². The van der Waals surface area contributed by atoms with Crippen LogP contribution in [-0.4, -0.2) is 23.2 Å². The van der Waals surface area contributed by atoms with Gasteiger partial charge in [0.1, 0.15) is 0 Å². The third-order valence-corrected chi connectivity index (χ3v) is 3.47. The molecule has 1 aromatic heterocycles. The Morgan fingerprint density at radius 1 is 1.24 bits per heavy atom. The molecule has 3 heteroatoms. The first kappa shape index (κ1) is 12.4. The van der Waals surface area contributed by atoms with Crippen LogP contribution < -0.4 is 4.90 Å². The Morgan fingerprint density at radius 2 is 1.94 bits per heavy atom. The second-order valence-electron chi connectivity index (χ2n) is 4.77. The van der Waals surface area contributed by atoms with Crippen LogP contribution in [0, 0.1) is 0 Å². The van der Waals surface area contributed by atoms with Gasteiger partial charge in [-0.15, -0.1) is 0 Å². The molecular weight excluding hydrogens is 212 g/mol. The highest BCUT2D eigenvalue weighted by atomic mass is 16.3. The molecule has 1 N–H and O–H groups in total. The second-order valence-corrected chi connectivity index (χ2v) is 4.77. The van der Waals surface area contributed by atoms with Gasteiger partial charge in [-0.25, -0.2) is 0 Å². The van der Waals surface area contributed by atoms with E-state index in [2.05, 4.69) is 16.0 Å². The van der Waals surface area contributed by atoms with E-state index in [4.69, 9.17) is 0 Å². The first-order valence-corrected chi connectivity index (χ1v) is 6.70. The summed E-state index contributed by atoms with van der Waals surface area (Å²) in [5.74, 6) is 0. The summed E-state index contributed by atoms with van der Waals surface area (Å²) in [6.07, 6.45) is 7.44. The number of rotatable bonds is 3. The van der Waals surface area contributed by atoms with Gasteiger partial charge in [0.15, 0.2) is 0 Å². The molecule has 17 heavy (non-hydrogen) atoms. The Morgan fingerprint density at radius 3 is 2.47 bits per heavy atom. The van der Waals surface area contributed by atoms with Crippen LogP contribution in [0.1, 0.15) is 50.8 Å². The van der Waals surface area contributed by atoms with Crippen LogP contribution >= 0.6 is 0 Å². The summed E-state index contributed by atoms with van der Waals surface area (Å²) in [5.41, 5.74) is 1.98. The molecule has 0 aromatic carbocycles. The van der Waals surface area contributed by atoms with Crippen molar-refractivity contribution < 1.29 is 5.11 Å². The number of hydrogen-bond acceptors (Lipinski definition) is 3. The Kier molecular flexibility index (Phi) is 4.37. The van der Waals surface area contributed by atoms with Gasteiger partial charge in [-0.05, 0) is 31.4 Å². The van der Waals surface area contributed by atoms with Crippen molar-refractivity contribution >= 4 is 5.69 Å². The van der Waals surface area contributed by atoms with Crippen LogP contribution in [0.3, 0.4) is 0 Å². The van der Waals surface area contributed by atoms with E-state index < -0.39 is 6.10 Å². The molecule has 0 aliphatic carbocycles. The molecule has 1 aliphatic rings. The molecule has 0 spiro atoms. The van der Waals surface area contributed by atoms with Gasteiger partial charge < -0.3 is 10.0 Å². The van der Waals surface area contributed by atoms with Crippen molar-refractivity contribution in [3.8, 4) is 0 Å². The number of aliphatic hydroxyl groups excluding tert-OH is 1. The monoisotopic (exact) mass is 234 g/mol. The quantitative estimate of drug-likeness (QED) is 0.873. The largest absolute Gasteiger partial charge is 0.387 e. The van der Waals surface area contributed by atoms with E-state index in [0.29, 0.717) is 0 Å². The second kappa shape index (κ2) is 6.01. The number of nitrogens with zero attached hydrogens (tertiary/aromatic N) is 2. The fourth-order valence-corrected chi connectivity index (χ4v) is 2.32. The lowest BCUT2D eigenvalue weighted by atomic mass is 10.2. The number of hydrogen-bond donors (Lipinski definition) is 1. The topological polar surface area (TPSA) is 36.4 Å². The molecule has 0 saturated carbocycles. The zero-order valence-corrected chi connectivity index (χ0v) is 10.6. The van der Waals surface area contributed by atoms with Crippen molar-refractivity contribution in [2.24, 2.45) is 0 Å². The minimum atomic E-state index is -0.423. The first-order valence-electron chi connectivity index (χ1n) is 6.70. The van der Waals surface area contributed by atoms with Crippen molar-refractivity contribution in [3.63, 3.8) is 0 Å². The predicted octanol–water partition coefficient (Wildman–Crippen LogP) is 2.91. The molecule has 2 rings (SSSR count). The van der Waals surface area contributed by atoms with Crippen molar-refractivity contribution in [2.75, 3.05) is 18.0 Å². The third kappa shape index (κ3) is 3.19. The Labute approximate surface area is 103 Å². The molecule has 0 unspecified atom stereocenters. The zero-order chi connectivity index (χ0) is 12.1. The van der Waals surface area contributed by atoms with Crippen molar-refractivity contribution in [1.82, 2.24) is 4.98 Å². The Hall–Kier alpha value is -1.09. The van der Waals surface area contributed by atoms with Gasteiger partial charge in [-0.2, -0.15) is 0 Å². The summed E-state index contributed by atoms with van der Waals surface area (Å²) in [4.78, 5) is 6.77. The maximum atomic E-state index is 9.70. The molecule has 0 radical (unpaired) electrons. The number of aromatic nitrogens is 1. The van der Waals surface area contributed by atoms with E-state index >= 15 is 0 Å². The summed E-state index contributed by atoms with van der Waals surface area (Å²) >= 11 is 0. The lowest BCUT2D eigenvalue weighted by Crippen LogP contribution is -2.24. The van der Waals surface area contributed by atoms with Crippen LogP contribution in [-0.2, 0) is 0 Å². The van der Waals surface area contributed by atoms with Gasteiger partial charge in [-0.1, -0.05) is 19.8 Å². The average molecular weight is 234 g/mol. The van der Waals surface area contributed by atoms with Gasteiger partial charge in [0.2, 0.25) is 0 Å². The molecule has 1 aromatic rings. The number of anilines is 1. The van der Waals surface area contributed by atoms with Crippen molar-refractivity contribution in [1.29, 1.82) is 0 Å². The standard InChI is InChI=1S/C14H22N2O/c1-2-14(17)13-8-7-12(11-15-13)16-9-5-3-4-6-10-16/h7-8,11,14,17H,2-6,9-10H2,1H3/t14-/m0/s1. The number of aliphatic hydroxyl groups is 1. The summed E-state index contributed by atoms with van der Waals surface area (Å²) in [6, 6.07) is 4.04.